The summed E-state index contributed by atoms with van der Waals surface area (Å²) >= 11 is 0. The van der Waals surface area contributed by atoms with E-state index in [2.05, 4.69) is 17.0 Å². The Labute approximate surface area is 95.1 Å². The molecular weight excluding hydrogens is 200 g/mol. The molecule has 0 atom stereocenters. The lowest BCUT2D eigenvalue weighted by atomic mass is 10.0. The minimum atomic E-state index is 0.642. The molecule has 0 amide bonds. The van der Waals surface area contributed by atoms with Gasteiger partial charge in [0, 0.05) is 19.4 Å². The van der Waals surface area contributed by atoms with Crippen molar-refractivity contribution in [3.05, 3.63) is 41.3 Å². The van der Waals surface area contributed by atoms with Gasteiger partial charge in [-0.05, 0) is 42.5 Å². The van der Waals surface area contributed by atoms with Gasteiger partial charge in [0.2, 0.25) is 0 Å². The van der Waals surface area contributed by atoms with Gasteiger partial charge in [0.05, 0.1) is 6.20 Å². The van der Waals surface area contributed by atoms with Crippen molar-refractivity contribution < 1.29 is 0 Å². The average molecular weight is 216 g/mol. The van der Waals surface area contributed by atoms with Crippen LogP contribution in [0.5, 0.6) is 0 Å². The van der Waals surface area contributed by atoms with Crippen LogP contribution in [0.25, 0.3) is 0 Å². The second kappa shape index (κ2) is 4.35. The molecule has 84 valence electrons. The summed E-state index contributed by atoms with van der Waals surface area (Å²) in [5.74, 6) is 0.642. The van der Waals surface area contributed by atoms with Crippen molar-refractivity contribution in [2.45, 2.75) is 19.8 Å². The topological polar surface area (TPSA) is 56.7 Å². The van der Waals surface area contributed by atoms with Crippen molar-refractivity contribution >= 4 is 5.82 Å². The molecule has 2 heterocycles. The van der Waals surface area contributed by atoms with Gasteiger partial charge in [-0.2, -0.15) is 5.10 Å². The summed E-state index contributed by atoms with van der Waals surface area (Å²) in [5, 5.41) is 4.14. The van der Waals surface area contributed by atoms with Gasteiger partial charge in [-0.1, -0.05) is 0 Å². The Morgan fingerprint density at radius 1 is 1.38 bits per heavy atom. The number of anilines is 1. The number of nitrogens with zero attached hydrogens (tertiary/aromatic N) is 3. The van der Waals surface area contributed by atoms with Crippen LogP contribution >= 0.6 is 0 Å². The zero-order valence-electron chi connectivity index (χ0n) is 9.64. The molecule has 0 aliphatic carbocycles. The van der Waals surface area contributed by atoms with Crippen molar-refractivity contribution in [3.8, 4) is 0 Å². The Bertz CT molecular complexity index is 467. The first-order valence-corrected chi connectivity index (χ1v) is 5.34. The molecule has 2 N–H and O–H groups in total. The van der Waals surface area contributed by atoms with Gasteiger partial charge < -0.3 is 5.73 Å². The third-order valence-corrected chi connectivity index (χ3v) is 2.75. The second-order valence-corrected chi connectivity index (χ2v) is 4.01. The van der Waals surface area contributed by atoms with Crippen molar-refractivity contribution in [1.29, 1.82) is 0 Å². The van der Waals surface area contributed by atoms with Gasteiger partial charge in [-0.25, -0.2) is 4.98 Å². The molecule has 4 nitrogen and oxygen atoms in total. The molecule has 2 aromatic heterocycles. The molecule has 0 saturated heterocycles. The Morgan fingerprint density at radius 3 is 2.81 bits per heavy atom. The molecule has 2 aromatic rings. The fourth-order valence-electron chi connectivity index (χ4n) is 1.81. The van der Waals surface area contributed by atoms with Crippen LogP contribution in [0.2, 0.25) is 0 Å². The highest BCUT2D eigenvalue weighted by Crippen LogP contribution is 2.16. The van der Waals surface area contributed by atoms with E-state index in [0.29, 0.717) is 5.82 Å². The van der Waals surface area contributed by atoms with Crippen molar-refractivity contribution in [3.63, 3.8) is 0 Å². The Hall–Kier alpha value is -1.84. The summed E-state index contributed by atoms with van der Waals surface area (Å²) in [7, 11) is 1.92. The lowest BCUT2D eigenvalue weighted by Crippen LogP contribution is -2.01. The van der Waals surface area contributed by atoms with Crippen molar-refractivity contribution in [2.24, 2.45) is 7.05 Å². The maximum absolute atomic E-state index is 5.86. The van der Waals surface area contributed by atoms with Crippen LogP contribution in [0.15, 0.2) is 24.7 Å². The standard InChI is InChI=1S/C12H16N4/c1-9-5-6-14-12(13)11(9)4-3-10-7-15-16(2)8-10/h5-8H,3-4H2,1-2H3,(H2,13,14). The average Bonchev–Trinajstić information content (AvgIpc) is 2.63. The molecule has 0 unspecified atom stereocenters. The first-order chi connectivity index (χ1) is 7.66. The summed E-state index contributed by atoms with van der Waals surface area (Å²) in [6.07, 6.45) is 7.53. The van der Waals surface area contributed by atoms with E-state index in [0.717, 1.165) is 18.4 Å². The highest BCUT2D eigenvalue weighted by molar-refractivity contribution is 5.44. The molecule has 2 rings (SSSR count). The van der Waals surface area contributed by atoms with Gasteiger partial charge in [0.25, 0.3) is 0 Å². The van der Waals surface area contributed by atoms with Crippen LogP contribution in [0, 0.1) is 6.92 Å². The summed E-state index contributed by atoms with van der Waals surface area (Å²) in [6.45, 7) is 2.07. The zero-order valence-corrected chi connectivity index (χ0v) is 9.64. The molecule has 0 fully saturated rings. The van der Waals surface area contributed by atoms with Gasteiger partial charge in [0.15, 0.2) is 0 Å². The van der Waals surface area contributed by atoms with E-state index in [4.69, 9.17) is 5.73 Å². The first-order valence-electron chi connectivity index (χ1n) is 5.34. The number of pyridine rings is 1. The van der Waals surface area contributed by atoms with E-state index >= 15 is 0 Å². The van der Waals surface area contributed by atoms with Gasteiger partial charge in [0.1, 0.15) is 5.82 Å². The fraction of sp³-hybridized carbons (Fsp3) is 0.333. The van der Waals surface area contributed by atoms with E-state index in [1.165, 1.54) is 11.1 Å². The van der Waals surface area contributed by atoms with Crippen LogP contribution in [0.3, 0.4) is 0 Å². The third-order valence-electron chi connectivity index (χ3n) is 2.75. The van der Waals surface area contributed by atoms with E-state index < -0.39 is 0 Å². The first kappa shape index (κ1) is 10.7. The number of aryl methyl sites for hydroxylation is 3. The minimum Gasteiger partial charge on any atom is -0.383 e. The quantitative estimate of drug-likeness (QED) is 0.845. The number of nitrogen functional groups attached to an aromatic ring is 1. The fourth-order valence-corrected chi connectivity index (χ4v) is 1.81. The smallest absolute Gasteiger partial charge is 0.126 e. The van der Waals surface area contributed by atoms with E-state index in [1.54, 1.807) is 6.20 Å². The van der Waals surface area contributed by atoms with Gasteiger partial charge in [-0.15, -0.1) is 0 Å². The van der Waals surface area contributed by atoms with Gasteiger partial charge in [-0.3, -0.25) is 4.68 Å². The number of hydrogen-bond donors (Lipinski definition) is 1. The molecule has 0 radical (unpaired) electrons. The molecule has 4 heteroatoms. The Morgan fingerprint density at radius 2 is 2.19 bits per heavy atom. The summed E-state index contributed by atoms with van der Waals surface area (Å²) in [5.41, 5.74) is 9.44. The minimum absolute atomic E-state index is 0.642. The largest absolute Gasteiger partial charge is 0.383 e. The molecular formula is C12H16N4. The number of rotatable bonds is 3. The number of nitrogens with two attached hydrogens (primary N) is 1. The number of hydrogen-bond acceptors (Lipinski definition) is 3. The van der Waals surface area contributed by atoms with Crippen LogP contribution in [0.4, 0.5) is 5.82 Å². The van der Waals surface area contributed by atoms with E-state index in [9.17, 15) is 0 Å². The summed E-state index contributed by atoms with van der Waals surface area (Å²) < 4.78 is 1.81. The van der Waals surface area contributed by atoms with Crippen LogP contribution in [0.1, 0.15) is 16.7 Å². The molecule has 0 aliphatic rings. The molecule has 0 aromatic carbocycles. The molecule has 16 heavy (non-hydrogen) atoms. The summed E-state index contributed by atoms with van der Waals surface area (Å²) in [4.78, 5) is 4.11. The maximum Gasteiger partial charge on any atom is 0.126 e. The lowest BCUT2D eigenvalue weighted by molar-refractivity contribution is 0.766. The predicted molar refractivity (Wildman–Crippen MR) is 64.0 cm³/mol. The summed E-state index contributed by atoms with van der Waals surface area (Å²) in [6, 6.07) is 1.99. The van der Waals surface area contributed by atoms with Crippen LogP contribution in [-0.2, 0) is 19.9 Å². The molecule has 0 spiro atoms. The molecule has 0 saturated carbocycles. The molecule has 0 bridgehead atoms. The Kier molecular flexibility index (Phi) is 2.90. The van der Waals surface area contributed by atoms with E-state index in [1.807, 2.05) is 30.2 Å². The monoisotopic (exact) mass is 216 g/mol. The highest BCUT2D eigenvalue weighted by atomic mass is 15.2. The van der Waals surface area contributed by atoms with Crippen molar-refractivity contribution in [2.75, 3.05) is 5.73 Å². The van der Waals surface area contributed by atoms with E-state index in [-0.39, 0.29) is 0 Å². The predicted octanol–water partition coefficient (Wildman–Crippen LogP) is 1.49. The Balaban J connectivity index is 2.10. The van der Waals surface area contributed by atoms with Gasteiger partial charge >= 0.3 is 0 Å². The zero-order chi connectivity index (χ0) is 11.5. The molecule has 0 aliphatic heterocycles. The maximum atomic E-state index is 5.86. The highest BCUT2D eigenvalue weighted by Gasteiger charge is 2.05. The SMILES string of the molecule is Cc1ccnc(N)c1CCc1cnn(C)c1. The second-order valence-electron chi connectivity index (χ2n) is 4.01. The number of aromatic nitrogens is 3. The lowest BCUT2D eigenvalue weighted by Gasteiger charge is -2.06. The normalized spacial score (nSPS) is 10.6. The third kappa shape index (κ3) is 2.21. The van der Waals surface area contributed by atoms with Crippen LogP contribution < -0.4 is 5.73 Å². The van der Waals surface area contributed by atoms with Crippen molar-refractivity contribution in [1.82, 2.24) is 14.8 Å². The van der Waals surface area contributed by atoms with Crippen LogP contribution in [-0.4, -0.2) is 14.8 Å².